The Bertz CT molecular complexity index is 579. The van der Waals surface area contributed by atoms with Crippen molar-refractivity contribution in [2.45, 2.75) is 12.2 Å². The standard InChI is InChI=1S/C15H19ClN2O4S/c1-10(15(20)21)23-9-14(19)17-11-2-3-13(12(16)8-11)18-4-6-22-7-5-18/h2-3,8,10H,4-7,9H2,1H3,(H,17,19)(H,20,21). The van der Waals surface area contributed by atoms with Crippen molar-refractivity contribution >= 4 is 46.6 Å². The smallest absolute Gasteiger partial charge is 0.316 e. The maximum atomic E-state index is 11.8. The van der Waals surface area contributed by atoms with E-state index in [4.69, 9.17) is 21.4 Å². The highest BCUT2D eigenvalue weighted by Gasteiger charge is 2.16. The number of ether oxygens (including phenoxy) is 1. The molecule has 1 heterocycles. The third kappa shape index (κ3) is 5.30. The predicted octanol–water partition coefficient (Wildman–Crippen LogP) is 2.32. The van der Waals surface area contributed by atoms with Crippen LogP contribution in [-0.4, -0.2) is 54.3 Å². The van der Waals surface area contributed by atoms with Crippen LogP contribution in [0.3, 0.4) is 0 Å². The first-order valence-electron chi connectivity index (χ1n) is 7.24. The fourth-order valence-electron chi connectivity index (χ4n) is 2.11. The molecule has 1 saturated heterocycles. The van der Waals surface area contributed by atoms with Gasteiger partial charge in [-0.15, -0.1) is 11.8 Å². The molecule has 1 amide bonds. The van der Waals surface area contributed by atoms with Crippen molar-refractivity contribution in [3.8, 4) is 0 Å². The minimum atomic E-state index is -0.930. The van der Waals surface area contributed by atoms with Crippen LogP contribution in [0.5, 0.6) is 0 Å². The molecule has 6 nitrogen and oxygen atoms in total. The van der Waals surface area contributed by atoms with Gasteiger partial charge in [-0.2, -0.15) is 0 Å². The molecular weight excluding hydrogens is 340 g/mol. The summed E-state index contributed by atoms with van der Waals surface area (Å²) in [6.07, 6.45) is 0. The highest BCUT2D eigenvalue weighted by molar-refractivity contribution is 8.01. The molecule has 0 aliphatic carbocycles. The number of halogens is 1. The number of carbonyl (C=O) groups is 2. The Morgan fingerprint density at radius 3 is 2.74 bits per heavy atom. The van der Waals surface area contributed by atoms with Gasteiger partial charge in [-0.1, -0.05) is 11.6 Å². The summed E-state index contributed by atoms with van der Waals surface area (Å²) >= 11 is 7.37. The molecule has 126 valence electrons. The Morgan fingerprint density at radius 2 is 2.13 bits per heavy atom. The van der Waals surface area contributed by atoms with Gasteiger partial charge in [0.1, 0.15) is 0 Å². The summed E-state index contributed by atoms with van der Waals surface area (Å²) < 4.78 is 5.31. The van der Waals surface area contributed by atoms with Crippen molar-refractivity contribution in [1.29, 1.82) is 0 Å². The monoisotopic (exact) mass is 358 g/mol. The van der Waals surface area contributed by atoms with E-state index in [-0.39, 0.29) is 11.7 Å². The second-order valence-electron chi connectivity index (χ2n) is 5.11. The first kappa shape index (κ1) is 17.9. The number of nitrogens with zero attached hydrogens (tertiary/aromatic N) is 1. The number of carboxylic acid groups (broad SMARTS) is 1. The molecule has 1 aromatic carbocycles. The molecule has 1 atom stereocenters. The minimum Gasteiger partial charge on any atom is -0.480 e. The van der Waals surface area contributed by atoms with Crippen LogP contribution >= 0.6 is 23.4 Å². The predicted molar refractivity (Wildman–Crippen MR) is 92.7 cm³/mol. The van der Waals surface area contributed by atoms with Crippen molar-refractivity contribution in [3.05, 3.63) is 23.2 Å². The van der Waals surface area contributed by atoms with Crippen LogP contribution in [0.15, 0.2) is 18.2 Å². The van der Waals surface area contributed by atoms with Crippen LogP contribution in [0.25, 0.3) is 0 Å². The van der Waals surface area contributed by atoms with E-state index in [0.717, 1.165) is 30.5 Å². The summed E-state index contributed by atoms with van der Waals surface area (Å²) in [7, 11) is 0. The van der Waals surface area contributed by atoms with Crippen LogP contribution < -0.4 is 10.2 Å². The number of hydrogen-bond acceptors (Lipinski definition) is 5. The van der Waals surface area contributed by atoms with E-state index >= 15 is 0 Å². The number of hydrogen-bond donors (Lipinski definition) is 2. The van der Waals surface area contributed by atoms with Gasteiger partial charge in [-0.3, -0.25) is 9.59 Å². The molecule has 0 bridgehead atoms. The Morgan fingerprint density at radius 1 is 1.43 bits per heavy atom. The molecular formula is C15H19ClN2O4S. The lowest BCUT2D eigenvalue weighted by atomic mass is 10.2. The van der Waals surface area contributed by atoms with E-state index in [9.17, 15) is 9.59 Å². The summed E-state index contributed by atoms with van der Waals surface area (Å²) in [4.78, 5) is 24.7. The van der Waals surface area contributed by atoms with Crippen molar-refractivity contribution in [1.82, 2.24) is 0 Å². The zero-order chi connectivity index (χ0) is 16.8. The molecule has 1 fully saturated rings. The highest BCUT2D eigenvalue weighted by atomic mass is 35.5. The molecule has 2 N–H and O–H groups in total. The van der Waals surface area contributed by atoms with Gasteiger partial charge in [0.05, 0.1) is 34.9 Å². The average Bonchev–Trinajstić information content (AvgIpc) is 2.53. The summed E-state index contributed by atoms with van der Waals surface area (Å²) in [6, 6.07) is 5.37. The van der Waals surface area contributed by atoms with Gasteiger partial charge in [0.25, 0.3) is 0 Å². The van der Waals surface area contributed by atoms with Crippen molar-refractivity contribution in [2.75, 3.05) is 42.3 Å². The van der Waals surface area contributed by atoms with Gasteiger partial charge in [-0.05, 0) is 25.1 Å². The summed E-state index contributed by atoms with van der Waals surface area (Å²) in [5.74, 6) is -1.10. The van der Waals surface area contributed by atoms with Gasteiger partial charge in [0.2, 0.25) is 5.91 Å². The Kier molecular flexibility index (Phi) is 6.56. The zero-order valence-corrected chi connectivity index (χ0v) is 14.3. The van der Waals surface area contributed by atoms with Crippen LogP contribution in [0.1, 0.15) is 6.92 Å². The SMILES string of the molecule is CC(SCC(=O)Nc1ccc(N2CCOCC2)c(Cl)c1)C(=O)O. The lowest BCUT2D eigenvalue weighted by Gasteiger charge is -2.29. The Balaban J connectivity index is 1.92. The van der Waals surface area contributed by atoms with Crippen molar-refractivity contribution < 1.29 is 19.4 Å². The van der Waals surface area contributed by atoms with Gasteiger partial charge in [0.15, 0.2) is 0 Å². The van der Waals surface area contributed by atoms with Gasteiger partial charge < -0.3 is 20.1 Å². The molecule has 0 radical (unpaired) electrons. The molecule has 2 rings (SSSR count). The average molecular weight is 359 g/mol. The molecule has 1 aliphatic heterocycles. The minimum absolute atomic E-state index is 0.0797. The quantitative estimate of drug-likeness (QED) is 0.812. The normalized spacial score (nSPS) is 16.0. The first-order chi connectivity index (χ1) is 11.0. The molecule has 0 aromatic heterocycles. The Hall–Kier alpha value is -1.44. The number of carboxylic acids is 1. The van der Waals surface area contributed by atoms with Crippen LogP contribution in [0, 0.1) is 0 Å². The van der Waals surface area contributed by atoms with E-state index in [1.807, 2.05) is 6.07 Å². The Labute approximate surface area is 144 Å². The second-order valence-corrected chi connectivity index (χ2v) is 6.84. The fourth-order valence-corrected chi connectivity index (χ4v) is 3.03. The van der Waals surface area contributed by atoms with E-state index < -0.39 is 11.2 Å². The van der Waals surface area contributed by atoms with E-state index in [1.54, 1.807) is 19.1 Å². The number of anilines is 2. The van der Waals surface area contributed by atoms with E-state index in [0.29, 0.717) is 23.9 Å². The number of amides is 1. The summed E-state index contributed by atoms with van der Waals surface area (Å²) in [6.45, 7) is 4.47. The number of nitrogens with one attached hydrogen (secondary N) is 1. The maximum Gasteiger partial charge on any atom is 0.316 e. The second kappa shape index (κ2) is 8.42. The molecule has 0 spiro atoms. The number of thioether (sulfide) groups is 1. The zero-order valence-electron chi connectivity index (χ0n) is 12.8. The van der Waals surface area contributed by atoms with Crippen LogP contribution in [0.2, 0.25) is 5.02 Å². The third-order valence-electron chi connectivity index (χ3n) is 3.40. The number of aliphatic carboxylic acids is 1. The van der Waals surface area contributed by atoms with Crippen molar-refractivity contribution in [3.63, 3.8) is 0 Å². The molecule has 1 aliphatic rings. The number of carbonyl (C=O) groups excluding carboxylic acids is 1. The molecule has 8 heteroatoms. The summed E-state index contributed by atoms with van der Waals surface area (Å²) in [5.41, 5.74) is 1.52. The largest absolute Gasteiger partial charge is 0.480 e. The molecule has 23 heavy (non-hydrogen) atoms. The van der Waals surface area contributed by atoms with Crippen molar-refractivity contribution in [2.24, 2.45) is 0 Å². The molecule has 0 saturated carbocycles. The van der Waals surface area contributed by atoms with E-state index in [1.165, 1.54) is 0 Å². The van der Waals surface area contributed by atoms with Gasteiger partial charge in [0, 0.05) is 18.8 Å². The lowest BCUT2D eigenvalue weighted by molar-refractivity contribution is -0.136. The lowest BCUT2D eigenvalue weighted by Crippen LogP contribution is -2.36. The van der Waals surface area contributed by atoms with Gasteiger partial charge in [-0.25, -0.2) is 0 Å². The molecule has 1 unspecified atom stereocenters. The number of benzene rings is 1. The van der Waals surface area contributed by atoms with E-state index in [2.05, 4.69) is 10.2 Å². The molecule has 1 aromatic rings. The topological polar surface area (TPSA) is 78.9 Å². The number of rotatable bonds is 6. The maximum absolute atomic E-state index is 11.8. The van der Waals surface area contributed by atoms with Gasteiger partial charge >= 0.3 is 5.97 Å². The number of morpholine rings is 1. The fraction of sp³-hybridized carbons (Fsp3) is 0.467. The first-order valence-corrected chi connectivity index (χ1v) is 8.66. The third-order valence-corrected chi connectivity index (χ3v) is 4.83. The van der Waals surface area contributed by atoms with Crippen LogP contribution in [-0.2, 0) is 14.3 Å². The summed E-state index contributed by atoms with van der Waals surface area (Å²) in [5, 5.41) is 11.5. The van der Waals surface area contributed by atoms with Crippen LogP contribution in [0.4, 0.5) is 11.4 Å². The highest BCUT2D eigenvalue weighted by Crippen LogP contribution is 2.29.